The summed E-state index contributed by atoms with van der Waals surface area (Å²) in [7, 11) is 0. The molecule has 0 fully saturated rings. The summed E-state index contributed by atoms with van der Waals surface area (Å²) in [5.74, 6) is -0.416. The minimum Gasteiger partial charge on any atom is -0.453 e. The molecule has 0 aliphatic carbocycles. The van der Waals surface area contributed by atoms with Gasteiger partial charge in [-0.05, 0) is 30.3 Å². The number of ketones is 1. The summed E-state index contributed by atoms with van der Waals surface area (Å²) >= 11 is 0. The van der Waals surface area contributed by atoms with Crippen LogP contribution in [0.1, 0.15) is 38.8 Å². The molecule has 4 rings (SSSR count). The van der Waals surface area contributed by atoms with E-state index < -0.39 is 6.10 Å². The Balaban J connectivity index is 1.52. The van der Waals surface area contributed by atoms with E-state index in [1.807, 2.05) is 35.0 Å². The second-order valence-corrected chi connectivity index (χ2v) is 5.63. The summed E-state index contributed by atoms with van der Waals surface area (Å²) in [6.07, 6.45) is 4.88. The van der Waals surface area contributed by atoms with Crippen molar-refractivity contribution in [1.82, 2.24) is 9.55 Å². The van der Waals surface area contributed by atoms with Crippen LogP contribution in [0, 0.1) is 0 Å². The second kappa shape index (κ2) is 5.77. The molecular weight excluding hydrogens is 304 g/mol. The number of hydrogen-bond donors (Lipinski definition) is 0. The zero-order valence-electron chi connectivity index (χ0n) is 12.8. The number of ether oxygens (including phenoxy) is 1. The van der Waals surface area contributed by atoms with Gasteiger partial charge in [0, 0.05) is 29.2 Å². The second-order valence-electron chi connectivity index (χ2n) is 5.63. The van der Waals surface area contributed by atoms with E-state index in [9.17, 15) is 9.59 Å². The molecule has 0 saturated heterocycles. The Morgan fingerprint density at radius 1 is 1.12 bits per heavy atom. The minimum absolute atomic E-state index is 0.0540. The molecule has 0 saturated carbocycles. The van der Waals surface area contributed by atoms with Gasteiger partial charge in [-0.25, -0.2) is 9.78 Å². The molecule has 0 bridgehead atoms. The lowest BCUT2D eigenvalue weighted by Crippen LogP contribution is -2.08. The Bertz CT molecular complexity index is 899. The van der Waals surface area contributed by atoms with E-state index in [1.54, 1.807) is 36.8 Å². The fraction of sp³-hybridized carbons (Fsp3) is 0.105. The molecule has 24 heavy (non-hydrogen) atoms. The van der Waals surface area contributed by atoms with Gasteiger partial charge in [0.1, 0.15) is 6.10 Å². The molecule has 0 amide bonds. The van der Waals surface area contributed by atoms with Crippen LogP contribution in [0.3, 0.4) is 0 Å². The van der Waals surface area contributed by atoms with Gasteiger partial charge >= 0.3 is 5.97 Å². The topological polar surface area (TPSA) is 61.2 Å². The zero-order chi connectivity index (χ0) is 16.5. The Hall–Kier alpha value is -3.21. The van der Waals surface area contributed by atoms with Crippen molar-refractivity contribution in [2.75, 3.05) is 0 Å². The number of benzene rings is 2. The summed E-state index contributed by atoms with van der Waals surface area (Å²) in [6, 6.07) is 14.5. The summed E-state index contributed by atoms with van der Waals surface area (Å²) in [6.45, 7) is 0. The third kappa shape index (κ3) is 2.50. The Labute approximate surface area is 138 Å². The van der Waals surface area contributed by atoms with Crippen molar-refractivity contribution < 1.29 is 14.3 Å². The summed E-state index contributed by atoms with van der Waals surface area (Å²) in [5.41, 5.74) is 2.86. The third-order valence-corrected chi connectivity index (χ3v) is 4.14. The number of aromatic nitrogens is 2. The average molecular weight is 318 g/mol. The molecule has 118 valence electrons. The quantitative estimate of drug-likeness (QED) is 0.547. The first-order valence-electron chi connectivity index (χ1n) is 7.64. The number of Topliss-reactive ketones (excluding diaryl/α,β-unsaturated/α-hetero) is 1. The van der Waals surface area contributed by atoms with Crippen molar-refractivity contribution in [2.24, 2.45) is 0 Å². The Morgan fingerprint density at radius 2 is 1.92 bits per heavy atom. The average Bonchev–Trinajstić information content (AvgIpc) is 3.25. The van der Waals surface area contributed by atoms with Crippen LogP contribution in [0.5, 0.6) is 0 Å². The number of carbonyl (C=O) groups is 2. The molecule has 1 aliphatic rings. The SMILES string of the molecule is O=C(C[C@@H]1OC(=O)c2ccccc21)c1ccc(-n2ccnc2)cc1. The predicted octanol–water partition coefficient (Wildman–Crippen LogP) is 3.36. The molecule has 3 aromatic rings. The molecule has 1 atom stereocenters. The van der Waals surface area contributed by atoms with E-state index in [4.69, 9.17) is 4.74 Å². The van der Waals surface area contributed by atoms with Crippen LogP contribution in [0.25, 0.3) is 5.69 Å². The molecule has 0 radical (unpaired) electrons. The third-order valence-electron chi connectivity index (χ3n) is 4.14. The highest BCUT2D eigenvalue weighted by Crippen LogP contribution is 2.33. The fourth-order valence-electron chi connectivity index (χ4n) is 2.89. The van der Waals surface area contributed by atoms with Gasteiger partial charge in [-0.15, -0.1) is 0 Å². The van der Waals surface area contributed by atoms with Gasteiger partial charge < -0.3 is 9.30 Å². The van der Waals surface area contributed by atoms with Gasteiger partial charge in [0.2, 0.25) is 0 Å². The maximum absolute atomic E-state index is 12.5. The van der Waals surface area contributed by atoms with E-state index in [1.165, 1.54) is 0 Å². The zero-order valence-corrected chi connectivity index (χ0v) is 12.8. The maximum atomic E-state index is 12.5. The normalized spacial score (nSPS) is 15.8. The van der Waals surface area contributed by atoms with E-state index >= 15 is 0 Å². The van der Waals surface area contributed by atoms with Gasteiger partial charge in [0.15, 0.2) is 5.78 Å². The number of fused-ring (bicyclic) bond motifs is 1. The fourth-order valence-corrected chi connectivity index (χ4v) is 2.89. The van der Waals surface area contributed by atoms with Gasteiger partial charge in [0.05, 0.1) is 18.3 Å². The summed E-state index contributed by atoms with van der Waals surface area (Å²) in [4.78, 5) is 28.3. The maximum Gasteiger partial charge on any atom is 0.339 e. The highest BCUT2D eigenvalue weighted by atomic mass is 16.5. The number of carbonyl (C=O) groups excluding carboxylic acids is 2. The van der Waals surface area contributed by atoms with Gasteiger partial charge in [0.25, 0.3) is 0 Å². The number of cyclic esters (lactones) is 1. The van der Waals surface area contributed by atoms with Crippen molar-refractivity contribution >= 4 is 11.8 Å². The Morgan fingerprint density at radius 3 is 2.67 bits per heavy atom. The van der Waals surface area contributed by atoms with E-state index in [0.717, 1.165) is 11.3 Å². The number of imidazole rings is 1. The number of hydrogen-bond acceptors (Lipinski definition) is 4. The minimum atomic E-state index is -0.505. The molecule has 0 spiro atoms. The lowest BCUT2D eigenvalue weighted by molar-refractivity contribution is 0.0367. The number of nitrogens with zero attached hydrogens (tertiary/aromatic N) is 2. The molecule has 1 aliphatic heterocycles. The summed E-state index contributed by atoms with van der Waals surface area (Å²) in [5, 5.41) is 0. The van der Waals surface area contributed by atoms with Crippen molar-refractivity contribution in [1.29, 1.82) is 0 Å². The first kappa shape index (κ1) is 14.4. The predicted molar refractivity (Wildman–Crippen MR) is 87.1 cm³/mol. The summed E-state index contributed by atoms with van der Waals surface area (Å²) < 4.78 is 7.20. The molecule has 0 unspecified atom stereocenters. The Kier molecular flexibility index (Phi) is 3.46. The van der Waals surface area contributed by atoms with Crippen LogP contribution in [0.15, 0.2) is 67.3 Å². The number of esters is 1. The van der Waals surface area contributed by atoms with Crippen molar-refractivity contribution in [3.05, 3.63) is 83.9 Å². The number of rotatable bonds is 4. The molecule has 5 heteroatoms. The first-order valence-corrected chi connectivity index (χ1v) is 7.64. The molecule has 0 N–H and O–H groups in total. The van der Waals surface area contributed by atoms with Crippen LogP contribution in [-0.4, -0.2) is 21.3 Å². The smallest absolute Gasteiger partial charge is 0.339 e. The van der Waals surface area contributed by atoms with Crippen LogP contribution in [0.4, 0.5) is 0 Å². The van der Waals surface area contributed by atoms with E-state index in [-0.39, 0.29) is 18.2 Å². The van der Waals surface area contributed by atoms with Crippen molar-refractivity contribution in [3.8, 4) is 5.69 Å². The van der Waals surface area contributed by atoms with Crippen LogP contribution in [-0.2, 0) is 4.74 Å². The van der Waals surface area contributed by atoms with Crippen LogP contribution >= 0.6 is 0 Å². The first-order chi connectivity index (χ1) is 11.7. The molecule has 2 heterocycles. The lowest BCUT2D eigenvalue weighted by Gasteiger charge is -2.10. The van der Waals surface area contributed by atoms with Crippen LogP contribution < -0.4 is 0 Å². The molecular formula is C19H14N2O3. The standard InChI is InChI=1S/C19H14N2O3/c22-17(11-18-15-3-1-2-4-16(15)19(23)24-18)13-5-7-14(8-6-13)21-10-9-20-12-21/h1-10,12,18H,11H2/t18-/m0/s1. The highest BCUT2D eigenvalue weighted by Gasteiger charge is 2.32. The largest absolute Gasteiger partial charge is 0.453 e. The van der Waals surface area contributed by atoms with Gasteiger partial charge in [-0.1, -0.05) is 18.2 Å². The monoisotopic (exact) mass is 318 g/mol. The van der Waals surface area contributed by atoms with E-state index in [0.29, 0.717) is 11.1 Å². The van der Waals surface area contributed by atoms with Crippen molar-refractivity contribution in [2.45, 2.75) is 12.5 Å². The molecule has 2 aromatic carbocycles. The molecule has 5 nitrogen and oxygen atoms in total. The van der Waals surface area contributed by atoms with Gasteiger partial charge in [-0.2, -0.15) is 0 Å². The van der Waals surface area contributed by atoms with Gasteiger partial charge in [-0.3, -0.25) is 4.79 Å². The highest BCUT2D eigenvalue weighted by molar-refractivity contribution is 5.99. The van der Waals surface area contributed by atoms with Crippen molar-refractivity contribution in [3.63, 3.8) is 0 Å². The lowest BCUT2D eigenvalue weighted by atomic mass is 9.98. The van der Waals surface area contributed by atoms with Crippen LogP contribution in [0.2, 0.25) is 0 Å². The van der Waals surface area contributed by atoms with E-state index in [2.05, 4.69) is 4.98 Å². The molecule has 1 aromatic heterocycles.